The summed E-state index contributed by atoms with van der Waals surface area (Å²) in [6.07, 6.45) is 1.24. The molecule has 0 spiro atoms. The Bertz CT molecular complexity index is 876. The molecule has 3 aromatic rings. The van der Waals surface area contributed by atoms with Crippen molar-refractivity contribution in [3.05, 3.63) is 77.9 Å². The third kappa shape index (κ3) is 3.04. The number of hydrazone groups is 1. The normalized spacial score (nSPS) is 11.0. The van der Waals surface area contributed by atoms with Gasteiger partial charge in [-0.05, 0) is 23.6 Å². The Morgan fingerprint density at radius 1 is 0.957 bits per heavy atom. The maximum Gasteiger partial charge on any atom is 0.299 e. The quantitative estimate of drug-likeness (QED) is 0.442. The van der Waals surface area contributed by atoms with Crippen molar-refractivity contribution in [2.24, 2.45) is 5.10 Å². The molecule has 5 heteroatoms. The van der Waals surface area contributed by atoms with Crippen LogP contribution in [-0.2, 0) is 0 Å². The van der Waals surface area contributed by atoms with Crippen LogP contribution in [0.25, 0.3) is 10.8 Å². The predicted molar refractivity (Wildman–Crippen MR) is 87.6 cm³/mol. The van der Waals surface area contributed by atoms with Crippen molar-refractivity contribution in [2.45, 2.75) is 0 Å². The lowest BCUT2D eigenvalue weighted by atomic mass is 10.1. The SMILES string of the molecule is O=C(c1ccccc1)N(O)N=Cc1ccc2ccccc2c1O. The maximum atomic E-state index is 12.0. The Morgan fingerprint density at radius 3 is 2.43 bits per heavy atom. The third-order valence-electron chi connectivity index (χ3n) is 3.44. The number of amides is 1. The van der Waals surface area contributed by atoms with Crippen LogP contribution in [0.4, 0.5) is 0 Å². The molecule has 0 aliphatic heterocycles. The number of hydrogen-bond acceptors (Lipinski definition) is 4. The Kier molecular flexibility index (Phi) is 4.03. The van der Waals surface area contributed by atoms with Crippen molar-refractivity contribution < 1.29 is 15.1 Å². The van der Waals surface area contributed by atoms with Gasteiger partial charge in [0.15, 0.2) is 0 Å². The van der Waals surface area contributed by atoms with Crippen LogP contribution in [0, 0.1) is 0 Å². The van der Waals surface area contributed by atoms with E-state index in [1.54, 1.807) is 42.5 Å². The summed E-state index contributed by atoms with van der Waals surface area (Å²) in [6.45, 7) is 0. The van der Waals surface area contributed by atoms with E-state index < -0.39 is 5.91 Å². The first-order valence-electron chi connectivity index (χ1n) is 7.00. The molecule has 0 radical (unpaired) electrons. The Morgan fingerprint density at radius 2 is 1.65 bits per heavy atom. The first-order valence-corrected chi connectivity index (χ1v) is 7.00. The number of fused-ring (bicyclic) bond motifs is 1. The molecule has 0 fully saturated rings. The Hall–Kier alpha value is -3.18. The topological polar surface area (TPSA) is 73.1 Å². The number of phenolic OH excluding ortho intramolecular Hbond substituents is 1. The van der Waals surface area contributed by atoms with Gasteiger partial charge in [-0.1, -0.05) is 53.7 Å². The van der Waals surface area contributed by atoms with Crippen LogP contribution in [-0.4, -0.2) is 27.6 Å². The maximum absolute atomic E-state index is 12.0. The number of benzene rings is 3. The van der Waals surface area contributed by atoms with Crippen molar-refractivity contribution in [2.75, 3.05) is 0 Å². The zero-order valence-electron chi connectivity index (χ0n) is 12.1. The number of aromatic hydroxyl groups is 1. The molecule has 3 aromatic carbocycles. The number of carbonyl (C=O) groups excluding carboxylic acids is 1. The van der Waals surface area contributed by atoms with Crippen molar-refractivity contribution in [3.8, 4) is 5.75 Å². The van der Waals surface area contributed by atoms with Crippen LogP contribution in [0.5, 0.6) is 5.75 Å². The summed E-state index contributed by atoms with van der Waals surface area (Å²) < 4.78 is 0. The molecule has 0 saturated carbocycles. The van der Waals surface area contributed by atoms with E-state index in [9.17, 15) is 15.1 Å². The molecule has 0 aliphatic carbocycles. The molecule has 3 rings (SSSR count). The lowest BCUT2D eigenvalue weighted by molar-refractivity contribution is -0.0562. The number of rotatable bonds is 3. The van der Waals surface area contributed by atoms with Gasteiger partial charge in [-0.3, -0.25) is 10.0 Å². The van der Waals surface area contributed by atoms with Crippen LogP contribution in [0.1, 0.15) is 15.9 Å². The van der Waals surface area contributed by atoms with Gasteiger partial charge in [0.05, 0.1) is 6.21 Å². The highest BCUT2D eigenvalue weighted by Gasteiger charge is 2.12. The van der Waals surface area contributed by atoms with Crippen LogP contribution < -0.4 is 0 Å². The van der Waals surface area contributed by atoms with E-state index in [-0.39, 0.29) is 10.9 Å². The van der Waals surface area contributed by atoms with Gasteiger partial charge in [0.2, 0.25) is 0 Å². The first kappa shape index (κ1) is 14.7. The largest absolute Gasteiger partial charge is 0.507 e. The van der Waals surface area contributed by atoms with Crippen molar-refractivity contribution in [3.63, 3.8) is 0 Å². The second kappa shape index (κ2) is 6.29. The highest BCUT2D eigenvalue weighted by Crippen LogP contribution is 2.27. The summed E-state index contributed by atoms with van der Waals surface area (Å²) in [5.41, 5.74) is 0.721. The monoisotopic (exact) mass is 306 g/mol. The van der Waals surface area contributed by atoms with Crippen molar-refractivity contribution in [1.29, 1.82) is 0 Å². The van der Waals surface area contributed by atoms with Gasteiger partial charge in [-0.2, -0.15) is 5.10 Å². The molecule has 0 heterocycles. The Labute approximate surface area is 132 Å². The molecule has 0 bridgehead atoms. The van der Waals surface area contributed by atoms with E-state index in [4.69, 9.17) is 0 Å². The molecule has 0 unspecified atom stereocenters. The molecule has 2 N–H and O–H groups in total. The van der Waals surface area contributed by atoms with Crippen LogP contribution >= 0.6 is 0 Å². The molecule has 0 aliphatic rings. The van der Waals surface area contributed by atoms with Gasteiger partial charge in [-0.25, -0.2) is 0 Å². The van der Waals surface area contributed by atoms with Crippen LogP contribution in [0.2, 0.25) is 0 Å². The van der Waals surface area contributed by atoms with Crippen molar-refractivity contribution >= 4 is 22.9 Å². The smallest absolute Gasteiger partial charge is 0.299 e. The number of hydroxylamine groups is 1. The fraction of sp³-hybridized carbons (Fsp3) is 0. The van der Waals surface area contributed by atoms with Gasteiger partial charge >= 0.3 is 0 Å². The van der Waals surface area contributed by atoms with Gasteiger partial charge in [0, 0.05) is 16.5 Å². The lowest BCUT2D eigenvalue weighted by Gasteiger charge is -2.09. The molecule has 0 atom stereocenters. The average molecular weight is 306 g/mol. The molecule has 1 amide bonds. The minimum atomic E-state index is -0.651. The number of nitrogens with zero attached hydrogens (tertiary/aromatic N) is 2. The van der Waals surface area contributed by atoms with E-state index in [1.807, 2.05) is 24.3 Å². The van der Waals surface area contributed by atoms with E-state index in [1.165, 1.54) is 6.21 Å². The summed E-state index contributed by atoms with van der Waals surface area (Å²) in [4.78, 5) is 12.0. The van der Waals surface area contributed by atoms with E-state index in [2.05, 4.69) is 5.10 Å². The third-order valence-corrected chi connectivity index (χ3v) is 3.44. The van der Waals surface area contributed by atoms with Gasteiger partial charge in [-0.15, -0.1) is 0 Å². The molecular formula is C18H14N2O3. The summed E-state index contributed by atoms with van der Waals surface area (Å²) in [6, 6.07) is 19.2. The second-order valence-corrected chi connectivity index (χ2v) is 4.93. The summed E-state index contributed by atoms with van der Waals surface area (Å²) >= 11 is 0. The van der Waals surface area contributed by atoms with Crippen LogP contribution in [0.15, 0.2) is 71.8 Å². The van der Waals surface area contributed by atoms with E-state index in [0.717, 1.165) is 5.39 Å². The fourth-order valence-electron chi connectivity index (χ4n) is 2.24. The molecule has 114 valence electrons. The fourth-order valence-corrected chi connectivity index (χ4v) is 2.24. The number of phenols is 1. The summed E-state index contributed by atoms with van der Waals surface area (Å²) in [7, 11) is 0. The minimum Gasteiger partial charge on any atom is -0.507 e. The van der Waals surface area contributed by atoms with Crippen molar-refractivity contribution in [1.82, 2.24) is 5.17 Å². The zero-order valence-corrected chi connectivity index (χ0v) is 12.1. The second-order valence-electron chi connectivity index (χ2n) is 4.93. The van der Waals surface area contributed by atoms with Gasteiger partial charge in [0.1, 0.15) is 5.75 Å². The molecule has 0 saturated heterocycles. The van der Waals surface area contributed by atoms with E-state index >= 15 is 0 Å². The summed E-state index contributed by atoms with van der Waals surface area (Å²) in [5, 5.41) is 25.5. The standard InChI is InChI=1S/C18H14N2O3/c21-17-15(11-10-13-6-4-5-9-16(13)17)12-19-20(23)18(22)14-7-2-1-3-8-14/h1-12,21,23H. The average Bonchev–Trinajstić information content (AvgIpc) is 2.61. The highest BCUT2D eigenvalue weighted by atomic mass is 16.5. The molecular weight excluding hydrogens is 292 g/mol. The van der Waals surface area contributed by atoms with Crippen LogP contribution in [0.3, 0.4) is 0 Å². The highest BCUT2D eigenvalue weighted by molar-refractivity contribution is 5.98. The molecule has 23 heavy (non-hydrogen) atoms. The predicted octanol–water partition coefficient (Wildman–Crippen LogP) is 3.41. The van der Waals surface area contributed by atoms with Gasteiger partial charge < -0.3 is 5.11 Å². The van der Waals surface area contributed by atoms with Gasteiger partial charge in [0.25, 0.3) is 5.91 Å². The molecule has 5 nitrogen and oxygen atoms in total. The van der Waals surface area contributed by atoms with E-state index in [0.29, 0.717) is 16.5 Å². The molecule has 0 aromatic heterocycles. The summed E-state index contributed by atoms with van der Waals surface area (Å²) in [5.74, 6) is -0.602. The number of hydrogen-bond donors (Lipinski definition) is 2. The number of carbonyl (C=O) groups is 1. The Balaban J connectivity index is 1.85. The zero-order chi connectivity index (χ0) is 16.2. The first-order chi connectivity index (χ1) is 11.2. The lowest BCUT2D eigenvalue weighted by Crippen LogP contribution is -2.21. The minimum absolute atomic E-state index is 0.0485.